The quantitative estimate of drug-likeness (QED) is 0.637. The molecule has 0 bridgehead atoms. The van der Waals surface area contributed by atoms with Crippen molar-refractivity contribution < 1.29 is 19.2 Å². The number of carbonyl (C=O) groups is 4. The molecule has 2 fully saturated rings. The highest BCUT2D eigenvalue weighted by atomic mass is 32.1. The molecule has 1 aromatic carbocycles. The molecule has 1 unspecified atom stereocenters. The normalized spacial score (nSPS) is 20.2. The van der Waals surface area contributed by atoms with Gasteiger partial charge in [0, 0.05) is 31.9 Å². The molecule has 8 nitrogen and oxygen atoms in total. The molecular weight excluding hydrogens is 464 g/mol. The van der Waals surface area contributed by atoms with Gasteiger partial charge in [-0.05, 0) is 54.5 Å². The molecule has 0 saturated carbocycles. The molecule has 2 aliphatic rings. The largest absolute Gasteiger partial charge is 0.378 e. The number of thiophene rings is 1. The molecule has 9 heteroatoms. The molecule has 2 aliphatic heterocycles. The number of fused-ring (bicyclic) bond motifs is 1. The van der Waals surface area contributed by atoms with Crippen molar-refractivity contribution >= 4 is 40.5 Å². The third-order valence-electron chi connectivity index (χ3n) is 6.65. The fraction of sp³-hybridized carbons (Fsp3) is 0.462. The van der Waals surface area contributed by atoms with Gasteiger partial charge in [0.1, 0.15) is 12.1 Å². The third-order valence-corrected chi connectivity index (χ3v) is 7.51. The van der Waals surface area contributed by atoms with Crippen LogP contribution in [0.2, 0.25) is 0 Å². The van der Waals surface area contributed by atoms with Crippen molar-refractivity contribution in [2.45, 2.75) is 44.8 Å². The van der Waals surface area contributed by atoms with Gasteiger partial charge in [0.05, 0.1) is 17.5 Å². The van der Waals surface area contributed by atoms with Gasteiger partial charge >= 0.3 is 0 Å². The summed E-state index contributed by atoms with van der Waals surface area (Å²) in [5.41, 5.74) is 1.45. The number of Topliss-reactive ketones (excluding diaryl/α,β-unsaturated/α-hetero) is 1. The molecule has 35 heavy (non-hydrogen) atoms. The summed E-state index contributed by atoms with van der Waals surface area (Å²) in [6.45, 7) is 4.38. The summed E-state index contributed by atoms with van der Waals surface area (Å²) in [5.74, 6) is -0.710. The summed E-state index contributed by atoms with van der Waals surface area (Å²) in [5, 5.41) is 4.74. The van der Waals surface area contributed by atoms with Crippen LogP contribution in [0.3, 0.4) is 0 Å². The van der Waals surface area contributed by atoms with Crippen molar-refractivity contribution in [3.8, 4) is 0 Å². The fourth-order valence-corrected chi connectivity index (χ4v) is 5.61. The highest BCUT2D eigenvalue weighted by Gasteiger charge is 2.52. The molecule has 186 valence electrons. The van der Waals surface area contributed by atoms with Crippen LogP contribution >= 0.6 is 11.3 Å². The van der Waals surface area contributed by atoms with E-state index in [4.69, 9.17) is 0 Å². The van der Waals surface area contributed by atoms with Crippen molar-refractivity contribution in [3.05, 3.63) is 52.2 Å². The second-order valence-corrected chi connectivity index (χ2v) is 10.8. The predicted octanol–water partition coefficient (Wildman–Crippen LogP) is 2.65. The Morgan fingerprint density at radius 3 is 2.43 bits per heavy atom. The topological polar surface area (TPSA) is 90.0 Å². The molecule has 0 radical (unpaired) electrons. The first-order valence-electron chi connectivity index (χ1n) is 11.9. The Hall–Kier alpha value is -3.20. The summed E-state index contributed by atoms with van der Waals surface area (Å²) < 4.78 is 0. The van der Waals surface area contributed by atoms with Crippen molar-refractivity contribution in [2.24, 2.45) is 5.92 Å². The maximum atomic E-state index is 13.6. The number of anilines is 1. The highest BCUT2D eigenvalue weighted by molar-refractivity contribution is 7.12. The first kappa shape index (κ1) is 24.9. The van der Waals surface area contributed by atoms with E-state index in [1.54, 1.807) is 28.0 Å². The lowest BCUT2D eigenvalue weighted by atomic mass is 10.0. The number of ketones is 1. The van der Waals surface area contributed by atoms with Crippen LogP contribution in [0.25, 0.3) is 0 Å². The monoisotopic (exact) mass is 496 g/mol. The number of amides is 3. The molecular formula is C26H32N4O4S. The Labute approximate surface area is 209 Å². The lowest BCUT2D eigenvalue weighted by molar-refractivity contribution is -0.138. The van der Waals surface area contributed by atoms with E-state index in [2.05, 4.69) is 5.32 Å². The Kier molecular flexibility index (Phi) is 7.25. The SMILES string of the molecule is CC(C)C[C@H](NC(=O)c1ccc(N(C)C)cc1)C(=O)N1CCC2[C@H]1C(=O)CN2C(=O)c1cccs1. The molecule has 3 amide bonds. The molecule has 2 aromatic rings. The fourth-order valence-electron chi connectivity index (χ4n) is 4.93. The van der Waals surface area contributed by atoms with Crippen LogP contribution < -0.4 is 10.2 Å². The van der Waals surface area contributed by atoms with Gasteiger partial charge in [-0.1, -0.05) is 19.9 Å². The van der Waals surface area contributed by atoms with Crippen LogP contribution in [-0.2, 0) is 9.59 Å². The zero-order valence-corrected chi connectivity index (χ0v) is 21.4. The molecule has 1 aromatic heterocycles. The average Bonchev–Trinajstić information content (AvgIpc) is 3.56. The molecule has 1 N–H and O–H groups in total. The van der Waals surface area contributed by atoms with Crippen molar-refractivity contribution in [1.29, 1.82) is 0 Å². The molecule has 4 rings (SSSR count). The summed E-state index contributed by atoms with van der Waals surface area (Å²) >= 11 is 1.35. The number of likely N-dealkylation sites (tertiary alicyclic amines) is 2. The van der Waals surface area contributed by atoms with Gasteiger partial charge in [-0.3, -0.25) is 19.2 Å². The zero-order valence-electron chi connectivity index (χ0n) is 20.6. The van der Waals surface area contributed by atoms with E-state index in [9.17, 15) is 19.2 Å². The minimum atomic E-state index is -0.746. The first-order valence-corrected chi connectivity index (χ1v) is 12.8. The minimum Gasteiger partial charge on any atom is -0.378 e. The van der Waals surface area contributed by atoms with Crippen LogP contribution in [0.15, 0.2) is 41.8 Å². The van der Waals surface area contributed by atoms with Crippen LogP contribution in [0.5, 0.6) is 0 Å². The van der Waals surface area contributed by atoms with Gasteiger partial charge in [0.2, 0.25) is 5.91 Å². The minimum absolute atomic E-state index is 0.00920. The Morgan fingerprint density at radius 1 is 1.11 bits per heavy atom. The van der Waals surface area contributed by atoms with Gasteiger partial charge in [-0.15, -0.1) is 11.3 Å². The number of hydrogen-bond donors (Lipinski definition) is 1. The molecule has 0 aliphatic carbocycles. The summed E-state index contributed by atoms with van der Waals surface area (Å²) in [6, 6.07) is 9.03. The van der Waals surface area contributed by atoms with Gasteiger partial charge < -0.3 is 20.0 Å². The number of nitrogens with zero attached hydrogens (tertiary/aromatic N) is 3. The van der Waals surface area contributed by atoms with Crippen molar-refractivity contribution in [3.63, 3.8) is 0 Å². The second-order valence-electron chi connectivity index (χ2n) is 9.81. The second kappa shape index (κ2) is 10.2. The van der Waals surface area contributed by atoms with E-state index in [0.717, 1.165) is 5.69 Å². The molecule has 0 spiro atoms. The van der Waals surface area contributed by atoms with Gasteiger partial charge in [-0.25, -0.2) is 0 Å². The first-order chi connectivity index (χ1) is 16.7. The van der Waals surface area contributed by atoms with Crippen LogP contribution in [0, 0.1) is 5.92 Å². The van der Waals surface area contributed by atoms with E-state index in [1.807, 2.05) is 56.4 Å². The van der Waals surface area contributed by atoms with Crippen LogP contribution in [0.1, 0.15) is 46.7 Å². The Bertz CT molecular complexity index is 1100. The predicted molar refractivity (Wildman–Crippen MR) is 136 cm³/mol. The van der Waals surface area contributed by atoms with E-state index >= 15 is 0 Å². The Morgan fingerprint density at radius 2 is 1.83 bits per heavy atom. The van der Waals surface area contributed by atoms with E-state index in [0.29, 0.717) is 29.8 Å². The highest BCUT2D eigenvalue weighted by Crippen LogP contribution is 2.32. The van der Waals surface area contributed by atoms with Crippen molar-refractivity contribution in [1.82, 2.24) is 15.1 Å². The summed E-state index contributed by atoms with van der Waals surface area (Å²) in [4.78, 5) is 58.2. The van der Waals surface area contributed by atoms with Crippen LogP contribution in [-0.4, -0.2) is 78.6 Å². The van der Waals surface area contributed by atoms with Gasteiger partial charge in [0.25, 0.3) is 11.8 Å². The summed E-state index contributed by atoms with van der Waals surface area (Å²) in [7, 11) is 3.85. The van der Waals surface area contributed by atoms with E-state index in [-0.39, 0.29) is 42.0 Å². The number of hydrogen-bond acceptors (Lipinski definition) is 6. The van der Waals surface area contributed by atoms with E-state index in [1.165, 1.54) is 11.3 Å². The molecule has 3 atom stereocenters. The molecule has 3 heterocycles. The van der Waals surface area contributed by atoms with E-state index < -0.39 is 12.1 Å². The number of rotatable bonds is 7. The number of carbonyl (C=O) groups excluding carboxylic acids is 4. The standard InChI is InChI=1S/C26H32N4O4S/c1-16(2)14-19(27-24(32)17-7-9-18(10-8-17)28(3)4)25(33)29-12-11-20-23(29)21(31)15-30(20)26(34)22-6-5-13-35-22/h5-10,13,16,19-20,23H,11-12,14-15H2,1-4H3,(H,27,32)/t19-,20?,23-/m0/s1. The summed E-state index contributed by atoms with van der Waals surface area (Å²) in [6.07, 6.45) is 1.01. The lowest BCUT2D eigenvalue weighted by Gasteiger charge is -2.29. The Balaban J connectivity index is 1.49. The zero-order chi connectivity index (χ0) is 25.3. The maximum Gasteiger partial charge on any atom is 0.264 e. The van der Waals surface area contributed by atoms with Crippen LogP contribution in [0.4, 0.5) is 5.69 Å². The van der Waals surface area contributed by atoms with Gasteiger partial charge in [-0.2, -0.15) is 0 Å². The number of benzene rings is 1. The molecule has 2 saturated heterocycles. The van der Waals surface area contributed by atoms with Crippen molar-refractivity contribution in [2.75, 3.05) is 32.1 Å². The average molecular weight is 497 g/mol. The van der Waals surface area contributed by atoms with Gasteiger partial charge in [0.15, 0.2) is 5.78 Å². The maximum absolute atomic E-state index is 13.6. The lowest BCUT2D eigenvalue weighted by Crippen LogP contribution is -2.53. The third kappa shape index (κ3) is 5.10. The number of nitrogens with one attached hydrogen (secondary N) is 1. The smallest absolute Gasteiger partial charge is 0.264 e.